The molecule has 0 amide bonds. The van der Waals surface area contributed by atoms with E-state index in [9.17, 15) is 8.78 Å². The molecular weight excluding hydrogens is 212 g/mol. The van der Waals surface area contributed by atoms with E-state index in [4.69, 9.17) is 10.5 Å². The molecule has 1 fully saturated rings. The fourth-order valence-electron chi connectivity index (χ4n) is 2.01. The maximum atomic E-state index is 13.0. The second kappa shape index (κ2) is 4.89. The van der Waals surface area contributed by atoms with Crippen LogP contribution < -0.4 is 5.73 Å². The highest BCUT2D eigenvalue weighted by molar-refractivity contribution is 5.19. The van der Waals surface area contributed by atoms with E-state index in [-0.39, 0.29) is 12.1 Å². The second-order valence-corrected chi connectivity index (χ2v) is 4.17. The summed E-state index contributed by atoms with van der Waals surface area (Å²) in [5.41, 5.74) is 6.67. The van der Waals surface area contributed by atoms with Crippen molar-refractivity contribution in [3.05, 3.63) is 35.4 Å². The average Bonchev–Trinajstić information content (AvgIpc) is 2.77. The quantitative estimate of drug-likeness (QED) is 0.857. The van der Waals surface area contributed by atoms with Crippen LogP contribution in [-0.2, 0) is 11.2 Å². The minimum Gasteiger partial charge on any atom is -0.377 e. The molecule has 1 saturated heterocycles. The number of ether oxygens (including phenoxy) is 1. The van der Waals surface area contributed by atoms with Gasteiger partial charge in [-0.25, -0.2) is 8.78 Å². The van der Waals surface area contributed by atoms with Gasteiger partial charge < -0.3 is 10.5 Å². The maximum Gasteiger partial charge on any atom is 0.159 e. The lowest BCUT2D eigenvalue weighted by molar-refractivity contribution is 0.0900. The third-order valence-corrected chi connectivity index (χ3v) is 2.90. The standard InChI is InChI=1S/C12H15F2NO/c13-9-4-3-8(6-10(9)14)7-11(15)12-2-1-5-16-12/h3-4,6,11-12H,1-2,5,7,15H2. The van der Waals surface area contributed by atoms with Crippen molar-refractivity contribution in [2.45, 2.75) is 31.4 Å². The molecule has 2 nitrogen and oxygen atoms in total. The molecule has 88 valence electrons. The van der Waals surface area contributed by atoms with Crippen molar-refractivity contribution >= 4 is 0 Å². The number of nitrogens with two attached hydrogens (primary N) is 1. The van der Waals surface area contributed by atoms with Crippen LogP contribution in [0.3, 0.4) is 0 Å². The van der Waals surface area contributed by atoms with Crippen molar-refractivity contribution in [3.8, 4) is 0 Å². The van der Waals surface area contributed by atoms with E-state index in [1.54, 1.807) is 6.07 Å². The number of benzene rings is 1. The molecule has 2 atom stereocenters. The van der Waals surface area contributed by atoms with Crippen molar-refractivity contribution in [3.63, 3.8) is 0 Å². The fraction of sp³-hybridized carbons (Fsp3) is 0.500. The van der Waals surface area contributed by atoms with Crippen LogP contribution in [0.4, 0.5) is 8.78 Å². The Labute approximate surface area is 93.4 Å². The van der Waals surface area contributed by atoms with Crippen LogP contribution in [0.15, 0.2) is 18.2 Å². The molecule has 1 aromatic carbocycles. The van der Waals surface area contributed by atoms with E-state index < -0.39 is 11.6 Å². The van der Waals surface area contributed by atoms with Gasteiger partial charge >= 0.3 is 0 Å². The predicted molar refractivity (Wildman–Crippen MR) is 57.0 cm³/mol. The molecule has 0 saturated carbocycles. The Balaban J connectivity index is 1.99. The summed E-state index contributed by atoms with van der Waals surface area (Å²) >= 11 is 0. The van der Waals surface area contributed by atoms with Gasteiger partial charge in [-0.1, -0.05) is 6.07 Å². The summed E-state index contributed by atoms with van der Waals surface area (Å²) in [7, 11) is 0. The van der Waals surface area contributed by atoms with E-state index >= 15 is 0 Å². The van der Waals surface area contributed by atoms with E-state index in [0.29, 0.717) is 12.0 Å². The summed E-state index contributed by atoms with van der Waals surface area (Å²) in [5.74, 6) is -1.65. The monoisotopic (exact) mass is 227 g/mol. The minimum atomic E-state index is -0.825. The molecule has 1 aromatic rings. The van der Waals surface area contributed by atoms with Crippen LogP contribution in [0, 0.1) is 11.6 Å². The number of halogens is 2. The molecule has 1 aliphatic rings. The zero-order valence-electron chi connectivity index (χ0n) is 8.96. The number of hydrogen-bond acceptors (Lipinski definition) is 2. The van der Waals surface area contributed by atoms with Gasteiger partial charge in [-0.15, -0.1) is 0 Å². The molecule has 1 heterocycles. The first-order chi connectivity index (χ1) is 7.66. The summed E-state index contributed by atoms with van der Waals surface area (Å²) in [6.45, 7) is 0.746. The summed E-state index contributed by atoms with van der Waals surface area (Å²) in [6, 6.07) is 3.75. The first-order valence-electron chi connectivity index (χ1n) is 5.48. The lowest BCUT2D eigenvalue weighted by Crippen LogP contribution is -2.36. The first kappa shape index (κ1) is 11.5. The highest BCUT2D eigenvalue weighted by Gasteiger charge is 2.23. The van der Waals surface area contributed by atoms with Crippen LogP contribution in [0.5, 0.6) is 0 Å². The molecule has 0 bridgehead atoms. The molecular formula is C12H15F2NO. The van der Waals surface area contributed by atoms with Gasteiger partial charge in [0.25, 0.3) is 0 Å². The van der Waals surface area contributed by atoms with Gasteiger partial charge in [-0.05, 0) is 37.0 Å². The van der Waals surface area contributed by atoms with Gasteiger partial charge in [0.2, 0.25) is 0 Å². The Morgan fingerprint density at radius 1 is 1.38 bits per heavy atom. The Bertz CT molecular complexity index is 364. The zero-order valence-corrected chi connectivity index (χ0v) is 8.96. The SMILES string of the molecule is NC(Cc1ccc(F)c(F)c1)C1CCCO1. The lowest BCUT2D eigenvalue weighted by atomic mass is 10.0. The Morgan fingerprint density at radius 2 is 2.19 bits per heavy atom. The summed E-state index contributed by atoms with van der Waals surface area (Å²) in [6.07, 6.45) is 2.54. The van der Waals surface area contributed by atoms with Crippen LogP contribution in [0.1, 0.15) is 18.4 Å². The average molecular weight is 227 g/mol. The highest BCUT2D eigenvalue weighted by atomic mass is 19.2. The van der Waals surface area contributed by atoms with Crippen molar-refractivity contribution in [2.75, 3.05) is 6.61 Å². The number of rotatable bonds is 3. The Kier molecular flexibility index (Phi) is 3.51. The van der Waals surface area contributed by atoms with Crippen LogP contribution >= 0.6 is 0 Å². The van der Waals surface area contributed by atoms with E-state index in [1.807, 2.05) is 0 Å². The normalized spacial score (nSPS) is 22.3. The molecule has 0 aliphatic carbocycles. The van der Waals surface area contributed by atoms with Crippen molar-refractivity contribution in [2.24, 2.45) is 5.73 Å². The Hall–Kier alpha value is -1.00. The van der Waals surface area contributed by atoms with Gasteiger partial charge in [0.05, 0.1) is 6.10 Å². The molecule has 2 N–H and O–H groups in total. The van der Waals surface area contributed by atoms with Crippen molar-refractivity contribution in [1.82, 2.24) is 0 Å². The second-order valence-electron chi connectivity index (χ2n) is 4.17. The largest absolute Gasteiger partial charge is 0.377 e. The number of hydrogen-bond donors (Lipinski definition) is 1. The molecule has 1 aliphatic heterocycles. The molecule has 0 spiro atoms. The molecule has 2 rings (SSSR count). The smallest absolute Gasteiger partial charge is 0.159 e. The zero-order chi connectivity index (χ0) is 11.5. The molecule has 0 radical (unpaired) electrons. The molecule has 16 heavy (non-hydrogen) atoms. The van der Waals surface area contributed by atoms with Gasteiger partial charge in [0, 0.05) is 12.6 Å². The predicted octanol–water partition coefficient (Wildman–Crippen LogP) is 2.01. The summed E-state index contributed by atoms with van der Waals surface area (Å²) in [4.78, 5) is 0. The van der Waals surface area contributed by atoms with E-state index in [1.165, 1.54) is 6.07 Å². The van der Waals surface area contributed by atoms with Gasteiger partial charge in [-0.3, -0.25) is 0 Å². The topological polar surface area (TPSA) is 35.2 Å². The lowest BCUT2D eigenvalue weighted by Gasteiger charge is -2.18. The van der Waals surface area contributed by atoms with E-state index in [2.05, 4.69) is 0 Å². The van der Waals surface area contributed by atoms with E-state index in [0.717, 1.165) is 25.5 Å². The van der Waals surface area contributed by atoms with Crippen LogP contribution in [-0.4, -0.2) is 18.8 Å². The summed E-state index contributed by atoms with van der Waals surface area (Å²) in [5, 5.41) is 0. The van der Waals surface area contributed by atoms with Crippen LogP contribution in [0.25, 0.3) is 0 Å². The van der Waals surface area contributed by atoms with Gasteiger partial charge in [0.1, 0.15) is 0 Å². The van der Waals surface area contributed by atoms with Crippen LogP contribution in [0.2, 0.25) is 0 Å². The van der Waals surface area contributed by atoms with Gasteiger partial charge in [-0.2, -0.15) is 0 Å². The van der Waals surface area contributed by atoms with Gasteiger partial charge in [0.15, 0.2) is 11.6 Å². The highest BCUT2D eigenvalue weighted by Crippen LogP contribution is 2.18. The third-order valence-electron chi connectivity index (χ3n) is 2.90. The fourth-order valence-corrected chi connectivity index (χ4v) is 2.01. The van der Waals surface area contributed by atoms with Crippen molar-refractivity contribution in [1.29, 1.82) is 0 Å². The molecule has 4 heteroatoms. The third kappa shape index (κ3) is 2.57. The molecule has 2 unspecified atom stereocenters. The first-order valence-corrected chi connectivity index (χ1v) is 5.48. The van der Waals surface area contributed by atoms with Crippen molar-refractivity contribution < 1.29 is 13.5 Å². The molecule has 0 aromatic heterocycles. The maximum absolute atomic E-state index is 13.0. The minimum absolute atomic E-state index is 0.0492. The Morgan fingerprint density at radius 3 is 2.81 bits per heavy atom. The summed E-state index contributed by atoms with van der Waals surface area (Å²) < 4.78 is 31.1.